The van der Waals surface area contributed by atoms with E-state index in [0.717, 1.165) is 17.8 Å². The van der Waals surface area contributed by atoms with E-state index in [9.17, 15) is 18.4 Å². The highest BCUT2D eigenvalue weighted by Gasteiger charge is 2.27. The van der Waals surface area contributed by atoms with Crippen LogP contribution in [0, 0.1) is 11.6 Å². The van der Waals surface area contributed by atoms with Gasteiger partial charge in [0.1, 0.15) is 17.3 Å². The molecule has 0 bridgehead atoms. The third-order valence-electron chi connectivity index (χ3n) is 5.29. The quantitative estimate of drug-likeness (QED) is 0.668. The van der Waals surface area contributed by atoms with Gasteiger partial charge in [-0.25, -0.2) is 13.8 Å². The Morgan fingerprint density at radius 1 is 1.23 bits per heavy atom. The Balaban J connectivity index is 1.34. The molecule has 1 aromatic carbocycles. The number of nitrogens with one attached hydrogen (secondary N) is 1. The largest absolute Gasteiger partial charge is 0.320 e. The van der Waals surface area contributed by atoms with Crippen LogP contribution >= 0.6 is 11.3 Å². The number of hydrogen-bond acceptors (Lipinski definition) is 6. The lowest BCUT2D eigenvalue weighted by molar-refractivity contribution is -0.121. The van der Waals surface area contributed by atoms with E-state index >= 15 is 0 Å². The average molecular weight is 433 g/mol. The maximum absolute atomic E-state index is 13.8. The number of para-hydroxylation sites is 1. The van der Waals surface area contributed by atoms with Crippen LogP contribution in [0.3, 0.4) is 0 Å². The molecular weight excluding hydrogens is 412 g/mol. The lowest BCUT2D eigenvalue weighted by Crippen LogP contribution is -2.52. The van der Waals surface area contributed by atoms with Gasteiger partial charge in [-0.1, -0.05) is 6.07 Å². The third-order valence-corrected chi connectivity index (χ3v) is 6.04. The van der Waals surface area contributed by atoms with Crippen LogP contribution in [0.1, 0.15) is 12.6 Å². The number of halogens is 2. The fourth-order valence-electron chi connectivity index (χ4n) is 3.52. The van der Waals surface area contributed by atoms with Crippen molar-refractivity contribution in [2.75, 3.05) is 31.5 Å². The van der Waals surface area contributed by atoms with Crippen LogP contribution < -0.4 is 10.9 Å². The van der Waals surface area contributed by atoms with Gasteiger partial charge in [-0.3, -0.25) is 23.8 Å². The van der Waals surface area contributed by atoms with Crippen LogP contribution in [0.2, 0.25) is 0 Å². The molecule has 2 aromatic heterocycles. The van der Waals surface area contributed by atoms with Crippen LogP contribution in [0.25, 0.3) is 4.96 Å². The van der Waals surface area contributed by atoms with Gasteiger partial charge in [0.2, 0.25) is 5.91 Å². The van der Waals surface area contributed by atoms with E-state index in [2.05, 4.69) is 15.2 Å². The van der Waals surface area contributed by atoms with Crippen molar-refractivity contribution < 1.29 is 13.6 Å². The molecule has 3 heterocycles. The van der Waals surface area contributed by atoms with Crippen molar-refractivity contribution >= 4 is 27.9 Å². The van der Waals surface area contributed by atoms with Crippen LogP contribution in [0.15, 0.2) is 40.6 Å². The van der Waals surface area contributed by atoms with E-state index in [1.165, 1.54) is 21.8 Å². The maximum atomic E-state index is 13.8. The zero-order chi connectivity index (χ0) is 21.3. The summed E-state index contributed by atoms with van der Waals surface area (Å²) in [7, 11) is 0. The van der Waals surface area contributed by atoms with Crippen molar-refractivity contribution in [2.45, 2.75) is 19.5 Å². The Labute approximate surface area is 175 Å². The molecule has 0 radical (unpaired) electrons. The Kier molecular flexibility index (Phi) is 5.89. The summed E-state index contributed by atoms with van der Waals surface area (Å²) in [6.45, 7) is 4.90. The molecule has 1 unspecified atom stereocenters. The SMILES string of the molecule is CC(C(=O)Nc1c(F)cccc1F)N1CCN(Cc2cc(=O)n3ccsc3n2)CC1. The first-order chi connectivity index (χ1) is 14.4. The molecular formula is C20H21F2N5O2S. The van der Waals surface area contributed by atoms with Gasteiger partial charge in [0.05, 0.1) is 11.7 Å². The standard InChI is InChI=1S/C20H21F2N5O2S/c1-13(19(29)24-18-15(21)3-2-4-16(18)22)26-7-5-25(6-8-26)12-14-11-17(28)27-9-10-30-20(27)23-14/h2-4,9-11,13H,5-8,12H2,1H3,(H,24,29). The van der Waals surface area contributed by atoms with E-state index < -0.39 is 29.3 Å². The lowest BCUT2D eigenvalue weighted by Gasteiger charge is -2.37. The normalized spacial score (nSPS) is 16.6. The van der Waals surface area contributed by atoms with Gasteiger partial charge in [0.25, 0.3) is 5.56 Å². The molecule has 1 fully saturated rings. The number of carbonyl (C=O) groups is 1. The summed E-state index contributed by atoms with van der Waals surface area (Å²) in [6, 6.07) is 4.48. The van der Waals surface area contributed by atoms with Crippen LogP contribution in [0.4, 0.5) is 14.5 Å². The van der Waals surface area contributed by atoms with E-state index in [4.69, 9.17) is 0 Å². The van der Waals surface area contributed by atoms with Crippen LogP contribution in [-0.2, 0) is 11.3 Å². The molecule has 1 saturated heterocycles. The number of piperazine rings is 1. The molecule has 1 N–H and O–H groups in total. The number of rotatable bonds is 5. The van der Waals surface area contributed by atoms with E-state index in [1.807, 2.05) is 10.3 Å². The summed E-state index contributed by atoms with van der Waals surface area (Å²) in [4.78, 5) is 33.9. The van der Waals surface area contributed by atoms with Crippen LogP contribution in [0.5, 0.6) is 0 Å². The molecule has 158 valence electrons. The van der Waals surface area contributed by atoms with Crippen molar-refractivity contribution in [3.63, 3.8) is 0 Å². The Hall–Kier alpha value is -2.69. The summed E-state index contributed by atoms with van der Waals surface area (Å²) >= 11 is 1.42. The van der Waals surface area contributed by atoms with Gasteiger partial charge in [-0.15, -0.1) is 11.3 Å². The van der Waals surface area contributed by atoms with Crippen molar-refractivity contribution in [1.29, 1.82) is 0 Å². The molecule has 0 spiro atoms. The van der Waals surface area contributed by atoms with Gasteiger partial charge in [0.15, 0.2) is 4.96 Å². The first-order valence-corrected chi connectivity index (χ1v) is 10.5. The molecule has 1 atom stereocenters. The first kappa shape index (κ1) is 20.6. The summed E-state index contributed by atoms with van der Waals surface area (Å²) in [5, 5.41) is 4.18. The molecule has 0 aliphatic carbocycles. The van der Waals surface area contributed by atoms with E-state index in [-0.39, 0.29) is 5.56 Å². The highest BCUT2D eigenvalue weighted by Crippen LogP contribution is 2.19. The predicted octanol–water partition coefficient (Wildman–Crippen LogP) is 2.18. The van der Waals surface area contributed by atoms with E-state index in [0.29, 0.717) is 37.7 Å². The van der Waals surface area contributed by atoms with Gasteiger partial charge in [-0.05, 0) is 19.1 Å². The molecule has 1 aliphatic rings. The molecule has 0 saturated carbocycles. The molecule has 3 aromatic rings. The summed E-state index contributed by atoms with van der Waals surface area (Å²) in [6.07, 6.45) is 1.71. The van der Waals surface area contributed by atoms with Gasteiger partial charge in [0, 0.05) is 50.4 Å². The minimum atomic E-state index is -0.800. The van der Waals surface area contributed by atoms with Crippen molar-refractivity contribution in [1.82, 2.24) is 19.2 Å². The number of nitrogens with zero attached hydrogens (tertiary/aromatic N) is 4. The molecule has 4 rings (SSSR count). The van der Waals surface area contributed by atoms with Gasteiger partial charge < -0.3 is 5.32 Å². The first-order valence-electron chi connectivity index (χ1n) is 9.59. The highest BCUT2D eigenvalue weighted by molar-refractivity contribution is 7.15. The summed E-state index contributed by atoms with van der Waals surface area (Å²) in [5.74, 6) is -2.05. The number of anilines is 1. The number of aromatic nitrogens is 2. The summed E-state index contributed by atoms with van der Waals surface area (Å²) < 4.78 is 29.1. The zero-order valence-corrected chi connectivity index (χ0v) is 17.2. The Bertz CT molecular complexity index is 1100. The minimum absolute atomic E-state index is 0.0967. The van der Waals surface area contributed by atoms with Gasteiger partial charge in [-0.2, -0.15) is 0 Å². The number of amides is 1. The second-order valence-corrected chi connectivity index (χ2v) is 8.09. The predicted molar refractivity (Wildman–Crippen MR) is 111 cm³/mol. The minimum Gasteiger partial charge on any atom is -0.320 e. The topological polar surface area (TPSA) is 70.0 Å². The van der Waals surface area contributed by atoms with Crippen molar-refractivity contribution in [3.05, 3.63) is 63.5 Å². The van der Waals surface area contributed by atoms with Crippen molar-refractivity contribution in [3.8, 4) is 0 Å². The Morgan fingerprint density at radius 2 is 1.93 bits per heavy atom. The average Bonchev–Trinajstić information content (AvgIpc) is 3.20. The third kappa shape index (κ3) is 4.25. The Morgan fingerprint density at radius 3 is 2.63 bits per heavy atom. The fraction of sp³-hybridized carbons (Fsp3) is 0.350. The molecule has 7 nitrogen and oxygen atoms in total. The maximum Gasteiger partial charge on any atom is 0.258 e. The lowest BCUT2D eigenvalue weighted by atomic mass is 10.2. The number of thiazole rings is 1. The highest BCUT2D eigenvalue weighted by atomic mass is 32.1. The molecule has 1 aliphatic heterocycles. The molecule has 10 heteroatoms. The number of hydrogen-bond donors (Lipinski definition) is 1. The monoisotopic (exact) mass is 433 g/mol. The molecule has 1 amide bonds. The fourth-order valence-corrected chi connectivity index (χ4v) is 4.26. The second-order valence-electron chi connectivity index (χ2n) is 7.22. The smallest absolute Gasteiger partial charge is 0.258 e. The number of fused-ring (bicyclic) bond motifs is 1. The number of carbonyl (C=O) groups excluding carboxylic acids is 1. The van der Waals surface area contributed by atoms with Crippen LogP contribution in [-0.4, -0.2) is 57.3 Å². The number of benzene rings is 1. The van der Waals surface area contributed by atoms with Gasteiger partial charge >= 0.3 is 0 Å². The summed E-state index contributed by atoms with van der Waals surface area (Å²) in [5.41, 5.74) is 0.201. The van der Waals surface area contributed by atoms with Crippen molar-refractivity contribution in [2.24, 2.45) is 0 Å². The van der Waals surface area contributed by atoms with E-state index in [1.54, 1.807) is 19.2 Å². The second kappa shape index (κ2) is 8.58. The molecule has 30 heavy (non-hydrogen) atoms. The zero-order valence-electron chi connectivity index (χ0n) is 16.3.